The lowest BCUT2D eigenvalue weighted by atomic mass is 10.1. The van der Waals surface area contributed by atoms with Gasteiger partial charge in [0.15, 0.2) is 17.0 Å². The maximum Gasteiger partial charge on any atom is 0.226 e. The molecule has 1 unspecified atom stereocenters. The molecule has 11 heteroatoms. The summed E-state index contributed by atoms with van der Waals surface area (Å²) >= 11 is 0. The van der Waals surface area contributed by atoms with Crippen molar-refractivity contribution in [2.45, 2.75) is 33.0 Å². The van der Waals surface area contributed by atoms with Crippen LogP contribution in [0.4, 0.5) is 11.8 Å². The zero-order valence-electron chi connectivity index (χ0n) is 15.8. The lowest BCUT2D eigenvalue weighted by Gasteiger charge is -2.13. The molecule has 0 aliphatic carbocycles. The Morgan fingerprint density at radius 2 is 1.89 bits per heavy atom. The average Bonchev–Trinajstić information content (AvgIpc) is 3.08. The maximum atomic E-state index is 10.2. The number of nitrogens with one attached hydrogen (secondary N) is 2. The topological polar surface area (TPSA) is 150 Å². The fourth-order valence-corrected chi connectivity index (χ4v) is 2.60. The van der Waals surface area contributed by atoms with Crippen LogP contribution < -0.4 is 15.4 Å². The lowest BCUT2D eigenvalue weighted by molar-refractivity contribution is 0.208. The van der Waals surface area contributed by atoms with E-state index in [1.807, 2.05) is 6.92 Å². The summed E-state index contributed by atoms with van der Waals surface area (Å²) in [5, 5.41) is 44.0. The number of fused-ring (bicyclic) bond motifs is 1. The smallest absolute Gasteiger partial charge is 0.226 e. The molecule has 0 amide bonds. The molecule has 1 atom stereocenters. The van der Waals surface area contributed by atoms with E-state index in [0.29, 0.717) is 35.2 Å². The molecule has 28 heavy (non-hydrogen) atoms. The number of methoxy groups -OCH3 is 1. The molecule has 150 valence electrons. The van der Waals surface area contributed by atoms with Gasteiger partial charge in [-0.25, -0.2) is 4.68 Å². The van der Waals surface area contributed by atoms with E-state index in [1.165, 1.54) is 19.2 Å². The number of rotatable bonds is 8. The molecule has 2 heterocycles. The standard InChI is InChI=1S/C17H23N7O4/c1-4-24-16-14(22-23-24)15(20-17(21-16)19-7-9(2)25)18-8-11-12(26)5-10(28-3)6-13(11)27/h5-6,9,25-27H,4,7-8H2,1-3H3,(H2,18,19,20,21). The summed E-state index contributed by atoms with van der Waals surface area (Å²) in [7, 11) is 1.45. The van der Waals surface area contributed by atoms with Gasteiger partial charge in [-0.05, 0) is 13.8 Å². The Kier molecular flexibility index (Phi) is 5.64. The number of hydrogen-bond acceptors (Lipinski definition) is 10. The van der Waals surface area contributed by atoms with Crippen molar-refractivity contribution < 1.29 is 20.1 Å². The van der Waals surface area contributed by atoms with E-state index in [1.54, 1.807) is 11.6 Å². The maximum absolute atomic E-state index is 10.2. The highest BCUT2D eigenvalue weighted by atomic mass is 16.5. The summed E-state index contributed by atoms with van der Waals surface area (Å²) in [6.45, 7) is 4.50. The third kappa shape index (κ3) is 3.98. The second kappa shape index (κ2) is 8.13. The number of nitrogens with zero attached hydrogens (tertiary/aromatic N) is 5. The molecule has 0 aliphatic heterocycles. The van der Waals surface area contributed by atoms with Gasteiger partial charge < -0.3 is 30.7 Å². The van der Waals surface area contributed by atoms with E-state index in [-0.39, 0.29) is 30.2 Å². The number of aliphatic hydroxyl groups excluding tert-OH is 1. The van der Waals surface area contributed by atoms with E-state index in [9.17, 15) is 15.3 Å². The first kappa shape index (κ1) is 19.4. The predicted molar refractivity (Wildman–Crippen MR) is 103 cm³/mol. The van der Waals surface area contributed by atoms with Crippen LogP contribution in [0, 0.1) is 0 Å². The summed E-state index contributed by atoms with van der Waals surface area (Å²) in [5.41, 5.74) is 1.27. The molecule has 0 saturated heterocycles. The first-order chi connectivity index (χ1) is 13.4. The van der Waals surface area contributed by atoms with Crippen molar-refractivity contribution in [2.75, 3.05) is 24.3 Å². The van der Waals surface area contributed by atoms with Crippen LogP contribution >= 0.6 is 0 Å². The van der Waals surface area contributed by atoms with Gasteiger partial charge in [-0.15, -0.1) is 5.10 Å². The molecular weight excluding hydrogens is 366 g/mol. The minimum atomic E-state index is -0.571. The highest BCUT2D eigenvalue weighted by Gasteiger charge is 2.16. The van der Waals surface area contributed by atoms with Crippen LogP contribution in [0.2, 0.25) is 0 Å². The minimum absolute atomic E-state index is 0.0859. The van der Waals surface area contributed by atoms with Gasteiger partial charge in [0.05, 0.1) is 18.8 Å². The summed E-state index contributed by atoms with van der Waals surface area (Å²) in [6.07, 6.45) is -0.571. The number of aromatic nitrogens is 5. The number of aliphatic hydroxyl groups is 1. The Morgan fingerprint density at radius 3 is 2.50 bits per heavy atom. The van der Waals surface area contributed by atoms with E-state index in [0.717, 1.165) is 0 Å². The van der Waals surface area contributed by atoms with Crippen molar-refractivity contribution in [2.24, 2.45) is 0 Å². The fraction of sp³-hybridized carbons (Fsp3) is 0.412. The Labute approximate surface area is 161 Å². The second-order valence-corrected chi connectivity index (χ2v) is 6.20. The van der Waals surface area contributed by atoms with Crippen molar-refractivity contribution >= 4 is 22.9 Å². The van der Waals surface area contributed by atoms with Gasteiger partial charge in [-0.1, -0.05) is 5.21 Å². The van der Waals surface area contributed by atoms with Crippen molar-refractivity contribution in [3.8, 4) is 17.2 Å². The molecule has 0 aliphatic rings. The highest BCUT2D eigenvalue weighted by Crippen LogP contribution is 2.33. The predicted octanol–water partition coefficient (Wildman–Crippen LogP) is 1.07. The van der Waals surface area contributed by atoms with Crippen molar-refractivity contribution in [3.63, 3.8) is 0 Å². The van der Waals surface area contributed by atoms with E-state index < -0.39 is 6.10 Å². The third-order valence-electron chi connectivity index (χ3n) is 4.06. The molecular formula is C17H23N7O4. The number of hydrogen-bond donors (Lipinski definition) is 5. The number of anilines is 2. The van der Waals surface area contributed by atoms with Crippen LogP contribution in [0.3, 0.4) is 0 Å². The monoisotopic (exact) mass is 389 g/mol. The van der Waals surface area contributed by atoms with Gasteiger partial charge in [0.25, 0.3) is 0 Å². The van der Waals surface area contributed by atoms with E-state index in [4.69, 9.17) is 4.74 Å². The van der Waals surface area contributed by atoms with Crippen LogP contribution in [-0.2, 0) is 13.1 Å². The molecule has 0 bridgehead atoms. The number of aromatic hydroxyl groups is 2. The zero-order valence-corrected chi connectivity index (χ0v) is 15.8. The second-order valence-electron chi connectivity index (χ2n) is 6.20. The van der Waals surface area contributed by atoms with Gasteiger partial charge in [-0.3, -0.25) is 0 Å². The van der Waals surface area contributed by atoms with Crippen LogP contribution in [0.1, 0.15) is 19.4 Å². The number of phenols is 2. The summed E-state index contributed by atoms with van der Waals surface area (Å²) in [5.74, 6) is 0.806. The zero-order chi connectivity index (χ0) is 20.3. The Morgan fingerprint density at radius 1 is 1.18 bits per heavy atom. The van der Waals surface area contributed by atoms with Crippen LogP contribution in [-0.4, -0.2) is 60.0 Å². The molecule has 3 rings (SSSR count). The summed E-state index contributed by atoms with van der Waals surface area (Å²) in [4.78, 5) is 8.78. The van der Waals surface area contributed by atoms with Gasteiger partial charge in [0.2, 0.25) is 5.95 Å². The normalized spacial score (nSPS) is 12.1. The lowest BCUT2D eigenvalue weighted by Crippen LogP contribution is -2.17. The van der Waals surface area contributed by atoms with Crippen LogP contribution in [0.5, 0.6) is 17.2 Å². The molecule has 3 aromatic rings. The summed E-state index contributed by atoms with van der Waals surface area (Å²) in [6, 6.07) is 2.82. The largest absolute Gasteiger partial charge is 0.507 e. The third-order valence-corrected chi connectivity index (χ3v) is 4.06. The number of aryl methyl sites for hydroxylation is 1. The van der Waals surface area contributed by atoms with Crippen molar-refractivity contribution in [1.29, 1.82) is 0 Å². The highest BCUT2D eigenvalue weighted by molar-refractivity contribution is 5.83. The average molecular weight is 389 g/mol. The Hall–Kier alpha value is -3.34. The first-order valence-electron chi connectivity index (χ1n) is 8.78. The van der Waals surface area contributed by atoms with Gasteiger partial charge in [-0.2, -0.15) is 9.97 Å². The molecule has 0 radical (unpaired) electrons. The van der Waals surface area contributed by atoms with Gasteiger partial charge >= 0.3 is 0 Å². The number of benzene rings is 1. The first-order valence-corrected chi connectivity index (χ1v) is 8.78. The molecule has 0 fully saturated rings. The molecule has 0 spiro atoms. The molecule has 2 aromatic heterocycles. The van der Waals surface area contributed by atoms with Gasteiger partial charge in [0, 0.05) is 31.8 Å². The molecule has 5 N–H and O–H groups in total. The van der Waals surface area contributed by atoms with Gasteiger partial charge in [0.1, 0.15) is 17.2 Å². The van der Waals surface area contributed by atoms with Crippen LogP contribution in [0.15, 0.2) is 12.1 Å². The SMILES string of the molecule is CCn1nnc2c(NCc3c(O)cc(OC)cc3O)nc(NCC(C)O)nc21. The van der Waals surface area contributed by atoms with Crippen molar-refractivity contribution in [3.05, 3.63) is 17.7 Å². The Balaban J connectivity index is 1.92. The number of phenolic OH excluding ortho intramolecular Hbond substituents is 2. The van der Waals surface area contributed by atoms with E-state index in [2.05, 4.69) is 30.9 Å². The number of ether oxygens (including phenoxy) is 1. The minimum Gasteiger partial charge on any atom is -0.507 e. The summed E-state index contributed by atoms with van der Waals surface area (Å²) < 4.78 is 6.64. The quantitative estimate of drug-likeness (QED) is 0.378. The molecule has 11 nitrogen and oxygen atoms in total. The fourth-order valence-electron chi connectivity index (χ4n) is 2.60. The van der Waals surface area contributed by atoms with E-state index >= 15 is 0 Å². The van der Waals surface area contributed by atoms with Crippen LogP contribution in [0.25, 0.3) is 11.2 Å². The molecule has 1 aromatic carbocycles. The Bertz CT molecular complexity index is 951. The van der Waals surface area contributed by atoms with Crippen molar-refractivity contribution in [1.82, 2.24) is 25.0 Å². The molecule has 0 saturated carbocycles.